The van der Waals surface area contributed by atoms with Crippen molar-refractivity contribution in [2.45, 2.75) is 37.6 Å². The number of hydrogen-bond donors (Lipinski definition) is 0. The third kappa shape index (κ3) is 3.06. The Morgan fingerprint density at radius 3 is 2.26 bits per heavy atom. The van der Waals surface area contributed by atoms with Crippen molar-refractivity contribution in [3.05, 3.63) is 54.1 Å². The Bertz CT molecular complexity index is 778. The quantitative estimate of drug-likeness (QED) is 0.806. The van der Waals surface area contributed by atoms with Crippen LogP contribution in [0, 0.1) is 0 Å². The molecule has 0 aromatic heterocycles. The molecule has 2 heterocycles. The minimum Gasteiger partial charge on any atom is -0.454 e. The van der Waals surface area contributed by atoms with Gasteiger partial charge < -0.3 is 14.4 Å². The molecule has 1 saturated carbocycles. The molecule has 5 rings (SSSR count). The average Bonchev–Trinajstić information content (AvgIpc) is 3.23. The molecular formula is C23H28N2O2. The van der Waals surface area contributed by atoms with E-state index in [0.29, 0.717) is 6.79 Å². The van der Waals surface area contributed by atoms with Gasteiger partial charge in [0.05, 0.1) is 0 Å². The van der Waals surface area contributed by atoms with Crippen molar-refractivity contribution in [2.75, 3.05) is 37.9 Å². The van der Waals surface area contributed by atoms with Crippen molar-refractivity contribution in [2.24, 2.45) is 0 Å². The van der Waals surface area contributed by atoms with Crippen LogP contribution in [0.1, 0.15) is 37.7 Å². The zero-order chi connectivity index (χ0) is 18.1. The highest BCUT2D eigenvalue weighted by Crippen LogP contribution is 2.46. The number of fused-ring (bicyclic) bond motifs is 1. The van der Waals surface area contributed by atoms with Crippen LogP contribution in [0.25, 0.3) is 0 Å². The van der Waals surface area contributed by atoms with Gasteiger partial charge in [-0.3, -0.25) is 4.90 Å². The molecule has 1 aliphatic carbocycles. The number of ether oxygens (including phenoxy) is 2. The van der Waals surface area contributed by atoms with E-state index in [-0.39, 0.29) is 5.54 Å². The van der Waals surface area contributed by atoms with Gasteiger partial charge in [-0.2, -0.15) is 0 Å². The van der Waals surface area contributed by atoms with E-state index in [9.17, 15) is 0 Å². The van der Waals surface area contributed by atoms with E-state index in [0.717, 1.165) is 37.7 Å². The lowest BCUT2D eigenvalue weighted by Crippen LogP contribution is -2.56. The number of anilines is 1. The number of para-hydroxylation sites is 1. The van der Waals surface area contributed by atoms with Gasteiger partial charge in [0.25, 0.3) is 0 Å². The fourth-order valence-electron chi connectivity index (χ4n) is 5.14. The van der Waals surface area contributed by atoms with Gasteiger partial charge in [-0.1, -0.05) is 43.5 Å². The van der Waals surface area contributed by atoms with E-state index in [1.807, 2.05) is 0 Å². The first-order chi connectivity index (χ1) is 13.4. The zero-order valence-electron chi connectivity index (χ0n) is 15.9. The van der Waals surface area contributed by atoms with Gasteiger partial charge in [0.15, 0.2) is 11.5 Å². The van der Waals surface area contributed by atoms with Crippen molar-refractivity contribution in [1.82, 2.24) is 4.90 Å². The summed E-state index contributed by atoms with van der Waals surface area (Å²) in [4.78, 5) is 5.27. The van der Waals surface area contributed by atoms with Crippen LogP contribution in [0.5, 0.6) is 11.5 Å². The molecule has 2 aromatic carbocycles. The summed E-state index contributed by atoms with van der Waals surface area (Å²) in [5.74, 6) is 1.80. The molecule has 4 heteroatoms. The van der Waals surface area contributed by atoms with E-state index in [1.54, 1.807) is 0 Å². The van der Waals surface area contributed by atoms with Crippen LogP contribution in [0.4, 0.5) is 5.69 Å². The van der Waals surface area contributed by atoms with Gasteiger partial charge in [-0.05, 0) is 42.7 Å². The van der Waals surface area contributed by atoms with Crippen LogP contribution in [-0.4, -0.2) is 37.9 Å². The highest BCUT2D eigenvalue weighted by Gasteiger charge is 2.41. The van der Waals surface area contributed by atoms with Crippen molar-refractivity contribution >= 4 is 5.69 Å². The second kappa shape index (κ2) is 7.08. The third-order valence-electron chi connectivity index (χ3n) is 6.60. The summed E-state index contributed by atoms with van der Waals surface area (Å²) in [7, 11) is 0. The molecule has 4 nitrogen and oxygen atoms in total. The molecule has 2 aromatic rings. The molecule has 2 fully saturated rings. The van der Waals surface area contributed by atoms with Crippen LogP contribution in [-0.2, 0) is 5.54 Å². The first kappa shape index (κ1) is 16.9. The Kier molecular flexibility index (Phi) is 4.44. The van der Waals surface area contributed by atoms with Crippen LogP contribution in [0.3, 0.4) is 0 Å². The Morgan fingerprint density at radius 1 is 0.741 bits per heavy atom. The van der Waals surface area contributed by atoms with E-state index in [2.05, 4.69) is 58.3 Å². The molecule has 0 radical (unpaired) electrons. The molecule has 0 amide bonds. The van der Waals surface area contributed by atoms with Crippen molar-refractivity contribution in [3.8, 4) is 11.5 Å². The number of piperazine rings is 1. The Morgan fingerprint density at radius 2 is 1.48 bits per heavy atom. The van der Waals surface area contributed by atoms with Crippen molar-refractivity contribution in [1.29, 1.82) is 0 Å². The molecule has 1 saturated heterocycles. The molecular weight excluding hydrogens is 336 g/mol. The summed E-state index contributed by atoms with van der Waals surface area (Å²) in [6.07, 6.45) is 6.48. The fraction of sp³-hybridized carbons (Fsp3) is 0.478. The largest absolute Gasteiger partial charge is 0.454 e. The molecule has 0 unspecified atom stereocenters. The van der Waals surface area contributed by atoms with Gasteiger partial charge in [0, 0.05) is 37.4 Å². The van der Waals surface area contributed by atoms with E-state index >= 15 is 0 Å². The summed E-state index contributed by atoms with van der Waals surface area (Å²) in [5.41, 5.74) is 2.92. The molecule has 0 N–H and O–H groups in total. The van der Waals surface area contributed by atoms with Crippen molar-refractivity contribution < 1.29 is 9.47 Å². The lowest BCUT2D eigenvalue weighted by molar-refractivity contribution is 0.0415. The monoisotopic (exact) mass is 364 g/mol. The summed E-state index contributed by atoms with van der Waals surface area (Å²) in [6.45, 7) is 4.76. The van der Waals surface area contributed by atoms with Gasteiger partial charge >= 0.3 is 0 Å². The van der Waals surface area contributed by atoms with E-state index in [4.69, 9.17) is 9.47 Å². The first-order valence-electron chi connectivity index (χ1n) is 10.3. The normalized spacial score (nSPS) is 22.0. The number of nitrogens with zero attached hydrogens (tertiary/aromatic N) is 2. The smallest absolute Gasteiger partial charge is 0.231 e. The van der Waals surface area contributed by atoms with E-state index in [1.165, 1.54) is 43.4 Å². The van der Waals surface area contributed by atoms with Crippen LogP contribution in [0.15, 0.2) is 48.5 Å². The van der Waals surface area contributed by atoms with Crippen molar-refractivity contribution in [3.63, 3.8) is 0 Å². The highest BCUT2D eigenvalue weighted by atomic mass is 16.7. The molecule has 27 heavy (non-hydrogen) atoms. The summed E-state index contributed by atoms with van der Waals surface area (Å²) in [6, 6.07) is 17.5. The predicted octanol–water partition coefficient (Wildman–Crippen LogP) is 4.40. The Hall–Kier alpha value is -2.20. The molecule has 0 bridgehead atoms. The van der Waals surface area contributed by atoms with Gasteiger partial charge in [-0.25, -0.2) is 0 Å². The molecule has 2 aliphatic heterocycles. The molecule has 142 valence electrons. The average molecular weight is 364 g/mol. The number of benzene rings is 2. The van der Waals surface area contributed by atoms with E-state index < -0.39 is 0 Å². The lowest BCUT2D eigenvalue weighted by Gasteiger charge is -2.50. The van der Waals surface area contributed by atoms with Gasteiger partial charge in [0.2, 0.25) is 6.79 Å². The zero-order valence-corrected chi connectivity index (χ0v) is 15.9. The van der Waals surface area contributed by atoms with Crippen LogP contribution >= 0.6 is 0 Å². The minimum absolute atomic E-state index is 0.155. The van der Waals surface area contributed by atoms with Gasteiger partial charge in [0.1, 0.15) is 0 Å². The topological polar surface area (TPSA) is 24.9 Å². The Labute approximate surface area is 161 Å². The molecule has 0 spiro atoms. The predicted molar refractivity (Wildman–Crippen MR) is 108 cm³/mol. The first-order valence-corrected chi connectivity index (χ1v) is 10.3. The number of hydrogen-bond acceptors (Lipinski definition) is 4. The SMILES string of the molecule is c1ccc(N2CCN(C3(c4ccc5c(c4)OCO5)CCCCC3)CC2)cc1. The fourth-order valence-corrected chi connectivity index (χ4v) is 5.14. The minimum atomic E-state index is 0.155. The maximum Gasteiger partial charge on any atom is 0.231 e. The maximum absolute atomic E-state index is 5.69. The molecule has 0 atom stereocenters. The van der Waals surface area contributed by atoms with Crippen LogP contribution in [0.2, 0.25) is 0 Å². The second-order valence-electron chi connectivity index (χ2n) is 7.97. The standard InChI is InChI=1S/C23H28N2O2/c1-3-7-20(8-4-1)24-13-15-25(16-14-24)23(11-5-2-6-12-23)19-9-10-21-22(17-19)27-18-26-21/h1,3-4,7-10,17H,2,5-6,11-16,18H2. The summed E-state index contributed by atoms with van der Waals surface area (Å²) >= 11 is 0. The summed E-state index contributed by atoms with van der Waals surface area (Å²) < 4.78 is 11.2. The van der Waals surface area contributed by atoms with Gasteiger partial charge in [-0.15, -0.1) is 0 Å². The lowest BCUT2D eigenvalue weighted by atomic mass is 9.74. The summed E-state index contributed by atoms with van der Waals surface area (Å²) in [5, 5.41) is 0. The highest BCUT2D eigenvalue weighted by molar-refractivity contribution is 5.48. The third-order valence-corrected chi connectivity index (χ3v) is 6.60. The second-order valence-corrected chi connectivity index (χ2v) is 7.97. The Balaban J connectivity index is 1.40. The number of rotatable bonds is 3. The van der Waals surface area contributed by atoms with Crippen LogP contribution < -0.4 is 14.4 Å². The molecule has 3 aliphatic rings. The maximum atomic E-state index is 5.69.